The molecule has 1 atom stereocenters. The monoisotopic (exact) mass is 867 g/mol. The number of rotatable bonds is 49. The van der Waals surface area contributed by atoms with Gasteiger partial charge in [0.15, 0.2) is 6.10 Å². The minimum absolute atomic E-state index is 0.0635. The maximum Gasteiger partial charge on any atom is 0.306 e. The third-order valence-corrected chi connectivity index (χ3v) is 11.8. The first kappa shape index (κ1) is 59.6. The third kappa shape index (κ3) is 50.2. The molecule has 0 spiro atoms. The molecular weight excluding hydrogens is 765 g/mol. The second kappa shape index (κ2) is 52.9. The van der Waals surface area contributed by atoms with Crippen molar-refractivity contribution in [3.8, 4) is 0 Å². The highest BCUT2D eigenvalue weighted by Crippen LogP contribution is 2.16. The quantitative estimate of drug-likeness (QED) is 0.0375. The Morgan fingerprint density at radius 2 is 0.694 bits per heavy atom. The number of hydrogen-bond acceptors (Lipinski definition) is 5. The van der Waals surface area contributed by atoms with Crippen LogP contribution in [0.2, 0.25) is 0 Å². The standard InChI is InChI=1S/C57H102O5/c1-3-5-7-9-11-13-15-17-19-21-23-24-25-26-27-28-29-30-31-32-34-36-38-40-42-44-46-48-50-52-57(60)62-55(53-58)54-61-56(59)51-49-47-45-43-41-39-37-35-33-22-20-18-16-14-12-10-8-6-4-2/h5,7,11,13,17,19,23-24,26-27,55,58H,3-4,6,8-10,12,14-16,18,20-22,25,28-54H2,1-2H3/b7-5-,13-11-,19-17-,24-23-,27-26-. The highest BCUT2D eigenvalue weighted by molar-refractivity contribution is 5.70. The summed E-state index contributed by atoms with van der Waals surface area (Å²) in [5.74, 6) is -0.580. The van der Waals surface area contributed by atoms with Crippen LogP contribution in [0.25, 0.3) is 0 Å². The van der Waals surface area contributed by atoms with E-state index in [0.717, 1.165) is 70.6 Å². The molecule has 360 valence electrons. The van der Waals surface area contributed by atoms with Crippen molar-refractivity contribution < 1.29 is 24.2 Å². The number of aliphatic hydroxyl groups excluding tert-OH is 1. The molecule has 0 aliphatic heterocycles. The lowest BCUT2D eigenvalue weighted by Crippen LogP contribution is -2.28. The molecule has 0 saturated heterocycles. The number of allylic oxidation sites excluding steroid dienone is 10. The molecule has 0 saturated carbocycles. The summed E-state index contributed by atoms with van der Waals surface area (Å²) in [6, 6.07) is 0. The maximum atomic E-state index is 12.3. The number of esters is 2. The van der Waals surface area contributed by atoms with Crippen molar-refractivity contribution in [3.05, 3.63) is 60.8 Å². The van der Waals surface area contributed by atoms with Gasteiger partial charge in [0, 0.05) is 12.8 Å². The molecule has 0 amide bonds. The first-order valence-corrected chi connectivity index (χ1v) is 26.8. The van der Waals surface area contributed by atoms with E-state index in [1.165, 1.54) is 173 Å². The highest BCUT2D eigenvalue weighted by atomic mass is 16.6. The van der Waals surface area contributed by atoms with Crippen molar-refractivity contribution in [2.45, 2.75) is 277 Å². The van der Waals surface area contributed by atoms with Crippen LogP contribution in [0.15, 0.2) is 60.8 Å². The van der Waals surface area contributed by atoms with Crippen LogP contribution in [0, 0.1) is 0 Å². The summed E-state index contributed by atoms with van der Waals surface area (Å²) in [5, 5.41) is 9.64. The van der Waals surface area contributed by atoms with E-state index in [1.807, 2.05) is 0 Å². The Bertz CT molecular complexity index is 1070. The van der Waals surface area contributed by atoms with Crippen LogP contribution in [0.3, 0.4) is 0 Å². The van der Waals surface area contributed by atoms with Gasteiger partial charge < -0.3 is 14.6 Å². The normalized spacial score (nSPS) is 12.6. The van der Waals surface area contributed by atoms with Gasteiger partial charge in [-0.2, -0.15) is 0 Å². The first-order valence-electron chi connectivity index (χ1n) is 26.8. The number of aliphatic hydroxyl groups is 1. The predicted octanol–water partition coefficient (Wildman–Crippen LogP) is 17.9. The zero-order chi connectivity index (χ0) is 44.9. The molecule has 1 unspecified atom stereocenters. The lowest BCUT2D eigenvalue weighted by atomic mass is 10.0. The Morgan fingerprint density at radius 1 is 0.387 bits per heavy atom. The van der Waals surface area contributed by atoms with Gasteiger partial charge in [-0.1, -0.05) is 261 Å². The van der Waals surface area contributed by atoms with Crippen LogP contribution in [-0.4, -0.2) is 36.4 Å². The largest absolute Gasteiger partial charge is 0.462 e. The predicted molar refractivity (Wildman–Crippen MR) is 270 cm³/mol. The molecule has 0 heterocycles. The summed E-state index contributed by atoms with van der Waals surface area (Å²) in [4.78, 5) is 24.5. The van der Waals surface area contributed by atoms with Crippen molar-refractivity contribution in [2.75, 3.05) is 13.2 Å². The van der Waals surface area contributed by atoms with Gasteiger partial charge >= 0.3 is 11.9 Å². The fraction of sp³-hybridized carbons (Fsp3) is 0.789. The van der Waals surface area contributed by atoms with E-state index < -0.39 is 6.10 Å². The van der Waals surface area contributed by atoms with Gasteiger partial charge in [-0.3, -0.25) is 9.59 Å². The lowest BCUT2D eigenvalue weighted by molar-refractivity contribution is -0.161. The minimum Gasteiger partial charge on any atom is -0.462 e. The average Bonchev–Trinajstić information content (AvgIpc) is 3.28. The second-order valence-corrected chi connectivity index (χ2v) is 17.9. The van der Waals surface area contributed by atoms with E-state index >= 15 is 0 Å². The fourth-order valence-electron chi connectivity index (χ4n) is 7.82. The number of ether oxygens (including phenoxy) is 2. The molecule has 0 aromatic heterocycles. The highest BCUT2D eigenvalue weighted by Gasteiger charge is 2.16. The van der Waals surface area contributed by atoms with Gasteiger partial charge in [-0.25, -0.2) is 0 Å². The SMILES string of the molecule is CC/C=C\C/C=C\C/C=C\C/C=C\C/C=C\CCCCCCCCCCCCCCCC(=O)OC(CO)COC(=O)CCCCCCCCCCCCCCCCCCCCC. The number of carbonyl (C=O) groups is 2. The van der Waals surface area contributed by atoms with Crippen molar-refractivity contribution in [1.29, 1.82) is 0 Å². The van der Waals surface area contributed by atoms with Crippen LogP contribution < -0.4 is 0 Å². The van der Waals surface area contributed by atoms with Gasteiger partial charge in [0.25, 0.3) is 0 Å². The first-order chi connectivity index (χ1) is 30.6. The summed E-state index contributed by atoms with van der Waals surface area (Å²) >= 11 is 0. The van der Waals surface area contributed by atoms with E-state index in [9.17, 15) is 14.7 Å². The van der Waals surface area contributed by atoms with Crippen molar-refractivity contribution in [2.24, 2.45) is 0 Å². The molecular formula is C57H102O5. The maximum absolute atomic E-state index is 12.3. The molecule has 0 aliphatic rings. The smallest absolute Gasteiger partial charge is 0.306 e. The number of unbranched alkanes of at least 4 members (excludes halogenated alkanes) is 31. The molecule has 0 rings (SSSR count). The molecule has 0 aromatic rings. The van der Waals surface area contributed by atoms with Gasteiger partial charge in [-0.05, 0) is 57.8 Å². The summed E-state index contributed by atoms with van der Waals surface area (Å²) < 4.78 is 10.7. The topological polar surface area (TPSA) is 72.8 Å². The third-order valence-electron chi connectivity index (χ3n) is 11.8. The van der Waals surface area contributed by atoms with Crippen LogP contribution in [0.5, 0.6) is 0 Å². The molecule has 62 heavy (non-hydrogen) atoms. The van der Waals surface area contributed by atoms with Crippen LogP contribution in [0.1, 0.15) is 271 Å². The van der Waals surface area contributed by atoms with E-state index in [4.69, 9.17) is 9.47 Å². The van der Waals surface area contributed by atoms with E-state index in [1.54, 1.807) is 0 Å². The van der Waals surface area contributed by atoms with E-state index in [0.29, 0.717) is 12.8 Å². The van der Waals surface area contributed by atoms with Gasteiger partial charge in [0.2, 0.25) is 0 Å². The van der Waals surface area contributed by atoms with Crippen molar-refractivity contribution in [1.82, 2.24) is 0 Å². The Labute approximate surface area is 385 Å². The Kier molecular flexibility index (Phi) is 50.9. The Balaban J connectivity index is 3.48. The van der Waals surface area contributed by atoms with Crippen molar-refractivity contribution in [3.63, 3.8) is 0 Å². The average molecular weight is 867 g/mol. The van der Waals surface area contributed by atoms with Gasteiger partial charge in [-0.15, -0.1) is 0 Å². The summed E-state index contributed by atoms with van der Waals surface area (Å²) in [7, 11) is 0. The van der Waals surface area contributed by atoms with Crippen LogP contribution in [-0.2, 0) is 19.1 Å². The zero-order valence-corrected chi connectivity index (χ0v) is 41.1. The Hall–Kier alpha value is -2.40. The fourth-order valence-corrected chi connectivity index (χ4v) is 7.82. The number of hydrogen-bond donors (Lipinski definition) is 1. The molecule has 0 aliphatic carbocycles. The number of carbonyl (C=O) groups excluding carboxylic acids is 2. The van der Waals surface area contributed by atoms with Crippen molar-refractivity contribution >= 4 is 11.9 Å². The Morgan fingerprint density at radius 3 is 1.05 bits per heavy atom. The van der Waals surface area contributed by atoms with Gasteiger partial charge in [0.1, 0.15) is 6.61 Å². The molecule has 5 heteroatoms. The second-order valence-electron chi connectivity index (χ2n) is 17.9. The lowest BCUT2D eigenvalue weighted by Gasteiger charge is -2.15. The summed E-state index contributed by atoms with van der Waals surface area (Å²) in [6.07, 6.45) is 70.4. The van der Waals surface area contributed by atoms with Crippen LogP contribution in [0.4, 0.5) is 0 Å². The van der Waals surface area contributed by atoms with E-state index in [-0.39, 0.29) is 25.2 Å². The molecule has 0 radical (unpaired) electrons. The van der Waals surface area contributed by atoms with Crippen LogP contribution >= 0.6 is 0 Å². The minimum atomic E-state index is -0.772. The molecule has 1 N–H and O–H groups in total. The molecule has 5 nitrogen and oxygen atoms in total. The summed E-state index contributed by atoms with van der Waals surface area (Å²) in [5.41, 5.74) is 0. The van der Waals surface area contributed by atoms with E-state index in [2.05, 4.69) is 74.6 Å². The molecule has 0 aromatic carbocycles. The van der Waals surface area contributed by atoms with Gasteiger partial charge in [0.05, 0.1) is 6.61 Å². The zero-order valence-electron chi connectivity index (χ0n) is 41.1. The molecule has 0 fully saturated rings. The summed E-state index contributed by atoms with van der Waals surface area (Å²) in [6.45, 7) is 4.06. The molecule has 0 bridgehead atoms.